The fourth-order valence-corrected chi connectivity index (χ4v) is 0.896. The molecule has 0 unspecified atom stereocenters. The van der Waals surface area contributed by atoms with Crippen molar-refractivity contribution in [2.75, 3.05) is 0 Å². The van der Waals surface area contributed by atoms with Crippen LogP contribution in [-0.4, -0.2) is 15.0 Å². The topological polar surface area (TPSA) is 100 Å². The van der Waals surface area contributed by atoms with Gasteiger partial charge in [0.25, 0.3) is 12.1 Å². The zero-order valence-electron chi connectivity index (χ0n) is 7.02. The molecular weight excluding hydrogens is 212 g/mol. The maximum absolute atomic E-state index is 12.3. The molecule has 1 aromatic heterocycles. The molecule has 0 aliphatic heterocycles. The third-order valence-electron chi connectivity index (χ3n) is 1.52. The molecule has 0 spiro atoms. The Morgan fingerprint density at radius 2 is 2.27 bits per heavy atom. The molecule has 0 aliphatic carbocycles. The molecule has 8 heteroatoms. The van der Waals surface area contributed by atoms with E-state index in [0.717, 1.165) is 0 Å². The Bertz CT molecular complexity index is 456. The molecule has 6 nitrogen and oxygen atoms in total. The van der Waals surface area contributed by atoms with Gasteiger partial charge in [0.05, 0.1) is 11.0 Å². The summed E-state index contributed by atoms with van der Waals surface area (Å²) in [5, 5.41) is 27.7. The maximum Gasteiger partial charge on any atom is 0.300 e. The molecule has 1 heterocycles. The van der Waals surface area contributed by atoms with Crippen molar-refractivity contribution in [2.24, 2.45) is 0 Å². The summed E-state index contributed by atoms with van der Waals surface area (Å²) in [4.78, 5) is 12.2. The van der Waals surface area contributed by atoms with Crippen molar-refractivity contribution in [3.05, 3.63) is 27.6 Å². The van der Waals surface area contributed by atoms with Crippen LogP contribution in [0, 0.1) is 21.4 Å². The highest BCUT2D eigenvalue weighted by Gasteiger charge is 2.26. The summed E-state index contributed by atoms with van der Waals surface area (Å²) in [6, 6.07) is 1.82. The molecule has 0 saturated heterocycles. The SMILES string of the molecule is N#Cc1nc(C(F)F)c([N+](=O)[O-])cc1O. The van der Waals surface area contributed by atoms with Crippen molar-refractivity contribution >= 4 is 5.69 Å². The van der Waals surface area contributed by atoms with Gasteiger partial charge in [0.15, 0.2) is 17.1 Å². The van der Waals surface area contributed by atoms with Crippen LogP contribution in [0.25, 0.3) is 0 Å². The van der Waals surface area contributed by atoms with E-state index in [2.05, 4.69) is 4.98 Å². The Labute approximate surface area is 81.6 Å². The van der Waals surface area contributed by atoms with E-state index in [1.54, 1.807) is 0 Å². The van der Waals surface area contributed by atoms with Gasteiger partial charge in [-0.1, -0.05) is 0 Å². The summed E-state index contributed by atoms with van der Waals surface area (Å²) in [5.41, 5.74) is -2.81. The average molecular weight is 215 g/mol. The molecule has 0 aromatic carbocycles. The Balaban J connectivity index is 3.47. The van der Waals surface area contributed by atoms with Gasteiger partial charge < -0.3 is 5.11 Å². The first-order valence-corrected chi connectivity index (χ1v) is 3.54. The lowest BCUT2D eigenvalue weighted by molar-refractivity contribution is -0.386. The van der Waals surface area contributed by atoms with Crippen molar-refractivity contribution in [3.63, 3.8) is 0 Å². The second-order valence-electron chi connectivity index (χ2n) is 2.43. The number of nitriles is 1. The van der Waals surface area contributed by atoms with Crippen LogP contribution in [0.15, 0.2) is 6.07 Å². The van der Waals surface area contributed by atoms with E-state index in [1.807, 2.05) is 0 Å². The van der Waals surface area contributed by atoms with Gasteiger partial charge in [-0.25, -0.2) is 13.8 Å². The number of halogens is 2. The fraction of sp³-hybridized carbons (Fsp3) is 0.143. The van der Waals surface area contributed by atoms with Crippen LogP contribution < -0.4 is 0 Å². The number of aromatic hydroxyl groups is 1. The number of alkyl halides is 2. The molecule has 0 atom stereocenters. The minimum Gasteiger partial charge on any atom is -0.505 e. The fourth-order valence-electron chi connectivity index (χ4n) is 0.896. The van der Waals surface area contributed by atoms with Gasteiger partial charge in [-0.2, -0.15) is 5.26 Å². The molecule has 15 heavy (non-hydrogen) atoms. The predicted octanol–water partition coefficient (Wildman–Crippen LogP) is 1.50. The molecule has 0 fully saturated rings. The number of nitro groups is 1. The maximum atomic E-state index is 12.3. The molecule has 1 rings (SSSR count). The third kappa shape index (κ3) is 1.96. The summed E-state index contributed by atoms with van der Waals surface area (Å²) < 4.78 is 24.6. The average Bonchev–Trinajstić information content (AvgIpc) is 2.16. The van der Waals surface area contributed by atoms with E-state index in [-0.39, 0.29) is 0 Å². The van der Waals surface area contributed by atoms with Crippen LogP contribution in [0.4, 0.5) is 14.5 Å². The third-order valence-corrected chi connectivity index (χ3v) is 1.52. The Hall–Kier alpha value is -2.30. The monoisotopic (exact) mass is 215 g/mol. The van der Waals surface area contributed by atoms with Gasteiger partial charge >= 0.3 is 0 Å². The molecular formula is C7H3F2N3O3. The van der Waals surface area contributed by atoms with E-state index in [1.165, 1.54) is 6.07 Å². The number of nitrogens with zero attached hydrogens (tertiary/aromatic N) is 3. The smallest absolute Gasteiger partial charge is 0.300 e. The largest absolute Gasteiger partial charge is 0.505 e. The van der Waals surface area contributed by atoms with Crippen LogP contribution in [0.2, 0.25) is 0 Å². The highest BCUT2D eigenvalue weighted by atomic mass is 19.3. The summed E-state index contributed by atoms with van der Waals surface area (Å²) in [6.07, 6.45) is -3.18. The zero-order chi connectivity index (χ0) is 11.6. The van der Waals surface area contributed by atoms with Gasteiger partial charge in [0, 0.05) is 0 Å². The van der Waals surface area contributed by atoms with E-state index >= 15 is 0 Å². The van der Waals surface area contributed by atoms with Crippen molar-refractivity contribution < 1.29 is 18.8 Å². The summed E-state index contributed by atoms with van der Waals surface area (Å²) in [6.45, 7) is 0. The lowest BCUT2D eigenvalue weighted by Crippen LogP contribution is -2.01. The van der Waals surface area contributed by atoms with Gasteiger partial charge in [0.2, 0.25) is 0 Å². The summed E-state index contributed by atoms with van der Waals surface area (Å²) >= 11 is 0. The molecule has 0 amide bonds. The van der Waals surface area contributed by atoms with Crippen LogP contribution in [-0.2, 0) is 0 Å². The molecule has 78 valence electrons. The second kappa shape index (κ2) is 3.83. The highest BCUT2D eigenvalue weighted by Crippen LogP contribution is 2.31. The molecule has 1 N–H and O–H groups in total. The van der Waals surface area contributed by atoms with E-state index < -0.39 is 34.2 Å². The molecule has 0 saturated carbocycles. The Morgan fingerprint density at radius 3 is 2.67 bits per heavy atom. The van der Waals surface area contributed by atoms with Gasteiger partial charge in [-0.15, -0.1) is 0 Å². The summed E-state index contributed by atoms with van der Waals surface area (Å²) in [5.74, 6) is -0.798. The van der Waals surface area contributed by atoms with Crippen molar-refractivity contribution in [3.8, 4) is 11.8 Å². The van der Waals surface area contributed by atoms with Gasteiger partial charge in [-0.3, -0.25) is 10.1 Å². The summed E-state index contributed by atoms with van der Waals surface area (Å²) in [7, 11) is 0. The lowest BCUT2D eigenvalue weighted by Gasteiger charge is -2.02. The first-order chi connectivity index (χ1) is 6.97. The van der Waals surface area contributed by atoms with Crippen molar-refractivity contribution in [2.45, 2.75) is 6.43 Å². The van der Waals surface area contributed by atoms with Crippen molar-refractivity contribution in [1.82, 2.24) is 4.98 Å². The van der Waals surface area contributed by atoms with Crippen molar-refractivity contribution in [1.29, 1.82) is 5.26 Å². The van der Waals surface area contributed by atoms with Gasteiger partial charge in [0.1, 0.15) is 6.07 Å². The second-order valence-corrected chi connectivity index (χ2v) is 2.43. The molecule has 0 radical (unpaired) electrons. The number of rotatable bonds is 2. The molecule has 1 aromatic rings. The molecule has 0 bridgehead atoms. The minimum atomic E-state index is -3.18. The quantitative estimate of drug-likeness (QED) is 0.595. The number of aromatic nitrogens is 1. The number of hydrogen-bond acceptors (Lipinski definition) is 5. The number of pyridine rings is 1. The Morgan fingerprint density at radius 1 is 1.67 bits per heavy atom. The van der Waals surface area contributed by atoms with Gasteiger partial charge in [-0.05, 0) is 0 Å². The van der Waals surface area contributed by atoms with Crippen LogP contribution in [0.5, 0.6) is 5.75 Å². The lowest BCUT2D eigenvalue weighted by atomic mass is 10.2. The minimum absolute atomic E-state index is 0.479. The van der Waals surface area contributed by atoms with E-state index in [9.17, 15) is 18.9 Å². The first kappa shape index (κ1) is 10.8. The van der Waals surface area contributed by atoms with Crippen LogP contribution in [0.3, 0.4) is 0 Å². The zero-order valence-corrected chi connectivity index (χ0v) is 7.02. The Kier molecular flexibility index (Phi) is 2.75. The first-order valence-electron chi connectivity index (χ1n) is 3.54. The van der Waals surface area contributed by atoms with Crippen LogP contribution in [0.1, 0.15) is 17.8 Å². The van der Waals surface area contributed by atoms with E-state index in [4.69, 9.17) is 10.4 Å². The standard InChI is InChI=1S/C7H3F2N3O3/c8-7(9)6-4(12(14)15)1-5(13)3(2-10)11-6/h1,7,13H. The highest BCUT2D eigenvalue weighted by molar-refractivity contribution is 5.48. The molecule has 0 aliphatic rings. The van der Waals surface area contributed by atoms with Crippen LogP contribution >= 0.6 is 0 Å². The predicted molar refractivity (Wildman–Crippen MR) is 42.2 cm³/mol. The normalized spacial score (nSPS) is 10.0. The van der Waals surface area contributed by atoms with E-state index in [0.29, 0.717) is 6.07 Å². The number of hydrogen-bond donors (Lipinski definition) is 1.